The fraction of sp³-hybridized carbons (Fsp3) is 0.318. The molecule has 1 aliphatic carbocycles. The van der Waals surface area contributed by atoms with Crippen LogP contribution in [0.2, 0.25) is 0 Å². The summed E-state index contributed by atoms with van der Waals surface area (Å²) in [5.74, 6) is 0.613. The molecule has 2 aromatic rings. The van der Waals surface area contributed by atoms with Crippen LogP contribution in [0.3, 0.4) is 0 Å². The summed E-state index contributed by atoms with van der Waals surface area (Å²) in [6, 6.07) is 16.9. The molecule has 1 nitrogen and oxygen atoms in total. The molecule has 0 saturated heterocycles. The van der Waals surface area contributed by atoms with Crippen molar-refractivity contribution in [2.24, 2.45) is 0 Å². The summed E-state index contributed by atoms with van der Waals surface area (Å²) in [6.45, 7) is 3.93. The quantitative estimate of drug-likeness (QED) is 0.635. The van der Waals surface area contributed by atoms with E-state index < -0.39 is 0 Å². The van der Waals surface area contributed by atoms with E-state index in [1.807, 2.05) is 24.3 Å². The second kappa shape index (κ2) is 7.29. The highest BCUT2D eigenvalue weighted by atomic mass is 14.3. The number of hydrogen-bond donors (Lipinski definition) is 0. The molecule has 0 aliphatic heterocycles. The first-order valence-corrected chi connectivity index (χ1v) is 8.57. The van der Waals surface area contributed by atoms with Crippen molar-refractivity contribution >= 4 is 0 Å². The van der Waals surface area contributed by atoms with Gasteiger partial charge >= 0.3 is 0 Å². The van der Waals surface area contributed by atoms with Crippen molar-refractivity contribution in [3.8, 4) is 17.2 Å². The predicted molar refractivity (Wildman–Crippen MR) is 96.3 cm³/mol. The number of nitrogens with zero attached hydrogens (tertiary/aromatic N) is 1. The average Bonchev–Trinajstić information content (AvgIpc) is 2.62. The molecule has 0 amide bonds. The SMILES string of the molecule is C=CCc1cccc(-c2ccccc2C#N)c1C1CCCCC1. The summed E-state index contributed by atoms with van der Waals surface area (Å²) < 4.78 is 0. The third-order valence-electron chi connectivity index (χ3n) is 4.91. The Labute approximate surface area is 139 Å². The Balaban J connectivity index is 2.17. The Morgan fingerprint density at radius 2 is 1.74 bits per heavy atom. The van der Waals surface area contributed by atoms with Crippen LogP contribution in [-0.2, 0) is 6.42 Å². The van der Waals surface area contributed by atoms with Crippen molar-refractivity contribution in [2.75, 3.05) is 0 Å². The number of hydrogen-bond acceptors (Lipinski definition) is 1. The molecule has 0 bridgehead atoms. The number of allylic oxidation sites excluding steroid dienone is 1. The molecule has 3 rings (SSSR count). The summed E-state index contributed by atoms with van der Waals surface area (Å²) in [4.78, 5) is 0. The minimum absolute atomic E-state index is 0.613. The van der Waals surface area contributed by atoms with Crippen LogP contribution >= 0.6 is 0 Å². The smallest absolute Gasteiger partial charge is 0.0998 e. The lowest BCUT2D eigenvalue weighted by Gasteiger charge is -2.27. The molecule has 0 spiro atoms. The van der Waals surface area contributed by atoms with E-state index in [9.17, 15) is 5.26 Å². The number of nitriles is 1. The van der Waals surface area contributed by atoms with Gasteiger partial charge in [-0.3, -0.25) is 0 Å². The zero-order valence-electron chi connectivity index (χ0n) is 13.6. The van der Waals surface area contributed by atoms with Crippen LogP contribution in [0.4, 0.5) is 0 Å². The lowest BCUT2D eigenvalue weighted by molar-refractivity contribution is 0.442. The maximum Gasteiger partial charge on any atom is 0.0998 e. The van der Waals surface area contributed by atoms with E-state index in [1.54, 1.807) is 0 Å². The van der Waals surface area contributed by atoms with Gasteiger partial charge in [0, 0.05) is 0 Å². The van der Waals surface area contributed by atoms with E-state index in [4.69, 9.17) is 0 Å². The normalized spacial score (nSPS) is 15.1. The van der Waals surface area contributed by atoms with Crippen LogP contribution in [0.25, 0.3) is 11.1 Å². The molecule has 1 heteroatoms. The van der Waals surface area contributed by atoms with Crippen molar-refractivity contribution in [3.05, 3.63) is 71.8 Å². The Bertz CT molecular complexity index is 730. The second-order valence-electron chi connectivity index (χ2n) is 6.36. The fourth-order valence-electron chi connectivity index (χ4n) is 3.87. The second-order valence-corrected chi connectivity index (χ2v) is 6.36. The summed E-state index contributed by atoms with van der Waals surface area (Å²) in [5, 5.41) is 9.49. The Hall–Kier alpha value is -2.33. The van der Waals surface area contributed by atoms with Gasteiger partial charge in [0.2, 0.25) is 0 Å². The van der Waals surface area contributed by atoms with Crippen molar-refractivity contribution in [1.82, 2.24) is 0 Å². The van der Waals surface area contributed by atoms with Gasteiger partial charge in [-0.25, -0.2) is 0 Å². The maximum absolute atomic E-state index is 9.49. The van der Waals surface area contributed by atoms with Gasteiger partial charge in [-0.2, -0.15) is 5.26 Å². The van der Waals surface area contributed by atoms with Crippen LogP contribution in [0.5, 0.6) is 0 Å². The summed E-state index contributed by atoms with van der Waals surface area (Å²) in [7, 11) is 0. The summed E-state index contributed by atoms with van der Waals surface area (Å²) in [5.41, 5.74) is 5.90. The molecule has 0 unspecified atom stereocenters. The summed E-state index contributed by atoms with van der Waals surface area (Å²) >= 11 is 0. The highest BCUT2D eigenvalue weighted by Gasteiger charge is 2.22. The first-order valence-electron chi connectivity index (χ1n) is 8.57. The van der Waals surface area contributed by atoms with E-state index >= 15 is 0 Å². The molecule has 0 N–H and O–H groups in total. The van der Waals surface area contributed by atoms with Crippen LogP contribution in [0.15, 0.2) is 55.1 Å². The monoisotopic (exact) mass is 301 g/mol. The molecule has 1 fully saturated rings. The minimum Gasteiger partial charge on any atom is -0.192 e. The Kier molecular flexibility index (Phi) is 4.93. The molecule has 2 aromatic carbocycles. The lowest BCUT2D eigenvalue weighted by atomic mass is 9.77. The zero-order valence-corrected chi connectivity index (χ0v) is 13.6. The molecule has 0 aromatic heterocycles. The lowest BCUT2D eigenvalue weighted by Crippen LogP contribution is -2.09. The van der Waals surface area contributed by atoms with Gasteiger partial charge < -0.3 is 0 Å². The first kappa shape index (κ1) is 15.6. The third kappa shape index (κ3) is 3.22. The fourth-order valence-corrected chi connectivity index (χ4v) is 3.87. The van der Waals surface area contributed by atoms with Gasteiger partial charge in [-0.15, -0.1) is 6.58 Å². The molecule has 0 heterocycles. The van der Waals surface area contributed by atoms with Crippen LogP contribution in [0.1, 0.15) is 54.7 Å². The number of benzene rings is 2. The van der Waals surface area contributed by atoms with Crippen molar-refractivity contribution in [3.63, 3.8) is 0 Å². The van der Waals surface area contributed by atoms with Gasteiger partial charge in [0.25, 0.3) is 0 Å². The summed E-state index contributed by atoms with van der Waals surface area (Å²) in [6.07, 6.45) is 9.38. The highest BCUT2D eigenvalue weighted by Crippen LogP contribution is 2.41. The van der Waals surface area contributed by atoms with E-state index in [2.05, 4.69) is 36.9 Å². The molecule has 0 atom stereocenters. The van der Waals surface area contributed by atoms with Gasteiger partial charge in [0.15, 0.2) is 0 Å². The van der Waals surface area contributed by atoms with E-state index in [-0.39, 0.29) is 0 Å². The van der Waals surface area contributed by atoms with Gasteiger partial charge in [-0.1, -0.05) is 61.7 Å². The highest BCUT2D eigenvalue weighted by molar-refractivity contribution is 5.75. The minimum atomic E-state index is 0.613. The Morgan fingerprint density at radius 1 is 1.00 bits per heavy atom. The van der Waals surface area contributed by atoms with Gasteiger partial charge in [0.1, 0.15) is 0 Å². The molecule has 23 heavy (non-hydrogen) atoms. The number of rotatable bonds is 4. The van der Waals surface area contributed by atoms with Crippen LogP contribution < -0.4 is 0 Å². The van der Waals surface area contributed by atoms with Crippen LogP contribution in [-0.4, -0.2) is 0 Å². The van der Waals surface area contributed by atoms with Crippen molar-refractivity contribution < 1.29 is 0 Å². The molecule has 0 radical (unpaired) electrons. The van der Waals surface area contributed by atoms with Gasteiger partial charge in [0.05, 0.1) is 11.6 Å². The molecular formula is C22H23N. The molecule has 1 saturated carbocycles. The van der Waals surface area contributed by atoms with Crippen LogP contribution in [0, 0.1) is 11.3 Å². The predicted octanol–water partition coefficient (Wildman–Crippen LogP) is 6.00. The average molecular weight is 301 g/mol. The maximum atomic E-state index is 9.49. The van der Waals surface area contributed by atoms with E-state index in [0.29, 0.717) is 5.92 Å². The van der Waals surface area contributed by atoms with Crippen molar-refractivity contribution in [2.45, 2.75) is 44.4 Å². The van der Waals surface area contributed by atoms with E-state index in [1.165, 1.54) is 48.8 Å². The Morgan fingerprint density at radius 3 is 2.48 bits per heavy atom. The largest absolute Gasteiger partial charge is 0.192 e. The zero-order chi connectivity index (χ0) is 16.1. The molecule has 116 valence electrons. The third-order valence-corrected chi connectivity index (χ3v) is 4.91. The topological polar surface area (TPSA) is 23.8 Å². The molecule has 1 aliphatic rings. The van der Waals surface area contributed by atoms with Gasteiger partial charge in [-0.05, 0) is 53.5 Å². The standard InChI is InChI=1S/C22H23N/c1-2-9-17-13-8-15-21(20-14-7-6-12-19(20)16-23)22(17)18-10-4-3-5-11-18/h2,6-8,12-15,18H,1,3-5,9-11H2. The first-order chi connectivity index (χ1) is 11.3. The van der Waals surface area contributed by atoms with Crippen molar-refractivity contribution in [1.29, 1.82) is 5.26 Å². The molecular weight excluding hydrogens is 278 g/mol. The van der Waals surface area contributed by atoms with E-state index in [0.717, 1.165) is 17.5 Å².